The summed E-state index contributed by atoms with van der Waals surface area (Å²) in [4.78, 5) is 9.81. The molecule has 1 aromatic rings. The molecule has 1 rings (SSSR count). The number of hydrogen-bond donors (Lipinski definition) is 1. The highest BCUT2D eigenvalue weighted by atomic mass is 16.1. The third kappa shape index (κ3) is 2.62. The Morgan fingerprint density at radius 1 is 1.27 bits per heavy atom. The second kappa shape index (κ2) is 4.22. The maximum absolute atomic E-state index is 9.81. The Bertz CT molecular complexity index is 244. The van der Waals surface area contributed by atoms with Crippen molar-refractivity contribution in [3.05, 3.63) is 30.3 Å². The molecular formula is C8H8N2O. The van der Waals surface area contributed by atoms with E-state index in [1.165, 1.54) is 0 Å². The van der Waals surface area contributed by atoms with Crippen molar-refractivity contribution in [2.45, 2.75) is 0 Å². The lowest BCUT2D eigenvalue weighted by atomic mass is 10.3. The van der Waals surface area contributed by atoms with E-state index in [2.05, 4.69) is 10.5 Å². The Labute approximate surface area is 64.7 Å². The molecule has 56 valence electrons. The lowest BCUT2D eigenvalue weighted by Crippen LogP contribution is -1.88. The van der Waals surface area contributed by atoms with Gasteiger partial charge in [0.15, 0.2) is 6.29 Å². The highest BCUT2D eigenvalue weighted by Gasteiger charge is 1.82. The third-order valence-corrected chi connectivity index (χ3v) is 1.10. The van der Waals surface area contributed by atoms with Gasteiger partial charge in [-0.05, 0) is 12.1 Å². The maximum atomic E-state index is 9.81. The van der Waals surface area contributed by atoms with Gasteiger partial charge in [0.25, 0.3) is 0 Å². The molecule has 0 bridgehead atoms. The second-order valence-corrected chi connectivity index (χ2v) is 1.89. The standard InChI is InChI=1S/C8H8N2O/c11-7-6-9-10-8-4-2-1-3-5-8/h1-7,10H/b9-6-. The summed E-state index contributed by atoms with van der Waals surface area (Å²) in [6.45, 7) is 0. The van der Waals surface area contributed by atoms with Gasteiger partial charge in [0, 0.05) is 0 Å². The van der Waals surface area contributed by atoms with Gasteiger partial charge in [-0.3, -0.25) is 10.2 Å². The van der Waals surface area contributed by atoms with Crippen LogP contribution in [-0.4, -0.2) is 12.5 Å². The molecule has 11 heavy (non-hydrogen) atoms. The van der Waals surface area contributed by atoms with E-state index >= 15 is 0 Å². The molecule has 0 heterocycles. The van der Waals surface area contributed by atoms with Crippen LogP contribution in [0.1, 0.15) is 0 Å². The molecule has 0 aliphatic rings. The zero-order valence-electron chi connectivity index (χ0n) is 5.90. The monoisotopic (exact) mass is 148 g/mol. The van der Waals surface area contributed by atoms with Crippen LogP contribution < -0.4 is 5.43 Å². The lowest BCUT2D eigenvalue weighted by Gasteiger charge is -1.95. The van der Waals surface area contributed by atoms with E-state index < -0.39 is 0 Å². The van der Waals surface area contributed by atoms with Crippen LogP contribution in [0.3, 0.4) is 0 Å². The first-order valence-electron chi connectivity index (χ1n) is 3.21. The molecule has 1 aromatic carbocycles. The highest BCUT2D eigenvalue weighted by molar-refractivity contribution is 6.13. The van der Waals surface area contributed by atoms with Gasteiger partial charge >= 0.3 is 0 Å². The average Bonchev–Trinajstić information content (AvgIpc) is 2.07. The largest absolute Gasteiger partial charge is 0.297 e. The normalized spacial score (nSPS) is 9.82. The molecule has 0 saturated carbocycles. The van der Waals surface area contributed by atoms with Crippen molar-refractivity contribution in [1.82, 2.24) is 0 Å². The molecular weight excluding hydrogens is 140 g/mol. The van der Waals surface area contributed by atoms with E-state index in [9.17, 15) is 4.79 Å². The molecule has 0 aromatic heterocycles. The van der Waals surface area contributed by atoms with Crippen molar-refractivity contribution >= 4 is 18.2 Å². The smallest absolute Gasteiger partial charge is 0.162 e. The van der Waals surface area contributed by atoms with Gasteiger partial charge < -0.3 is 0 Å². The summed E-state index contributed by atoms with van der Waals surface area (Å²) >= 11 is 0. The van der Waals surface area contributed by atoms with Gasteiger partial charge in [-0.25, -0.2) is 0 Å². The molecule has 0 radical (unpaired) electrons. The van der Waals surface area contributed by atoms with Crippen molar-refractivity contribution in [2.24, 2.45) is 5.10 Å². The number of nitrogens with one attached hydrogen (secondary N) is 1. The van der Waals surface area contributed by atoms with Gasteiger partial charge in [-0.15, -0.1) is 0 Å². The van der Waals surface area contributed by atoms with Gasteiger partial charge in [0.2, 0.25) is 0 Å². The van der Waals surface area contributed by atoms with Crippen molar-refractivity contribution in [2.75, 3.05) is 5.43 Å². The van der Waals surface area contributed by atoms with Gasteiger partial charge in [0.05, 0.1) is 11.9 Å². The number of carbonyl (C=O) groups is 1. The van der Waals surface area contributed by atoms with Crippen LogP contribution in [0.4, 0.5) is 5.69 Å². The van der Waals surface area contributed by atoms with Crippen molar-refractivity contribution in [1.29, 1.82) is 0 Å². The summed E-state index contributed by atoms with van der Waals surface area (Å²) < 4.78 is 0. The lowest BCUT2D eigenvalue weighted by molar-refractivity contribution is -0.102. The quantitative estimate of drug-likeness (QED) is 0.398. The van der Waals surface area contributed by atoms with Crippen LogP contribution in [0.25, 0.3) is 0 Å². The minimum absolute atomic E-state index is 0.621. The van der Waals surface area contributed by atoms with Crippen LogP contribution in [0.15, 0.2) is 35.4 Å². The van der Waals surface area contributed by atoms with Crippen LogP contribution in [-0.2, 0) is 4.79 Å². The van der Waals surface area contributed by atoms with E-state index in [1.807, 2.05) is 30.3 Å². The van der Waals surface area contributed by atoms with Crippen LogP contribution >= 0.6 is 0 Å². The number of rotatable bonds is 3. The second-order valence-electron chi connectivity index (χ2n) is 1.89. The number of para-hydroxylation sites is 1. The van der Waals surface area contributed by atoms with Crippen molar-refractivity contribution < 1.29 is 4.79 Å². The molecule has 0 aliphatic heterocycles. The zero-order valence-corrected chi connectivity index (χ0v) is 5.90. The summed E-state index contributed by atoms with van der Waals surface area (Å²) in [5.74, 6) is 0. The van der Waals surface area contributed by atoms with Crippen LogP contribution in [0.2, 0.25) is 0 Å². The summed E-state index contributed by atoms with van der Waals surface area (Å²) in [7, 11) is 0. The molecule has 0 unspecified atom stereocenters. The molecule has 0 aliphatic carbocycles. The van der Waals surface area contributed by atoms with E-state index in [4.69, 9.17) is 0 Å². The Kier molecular flexibility index (Phi) is 2.86. The van der Waals surface area contributed by atoms with Crippen LogP contribution in [0, 0.1) is 0 Å². The fraction of sp³-hybridized carbons (Fsp3) is 0. The molecule has 0 atom stereocenters. The Morgan fingerprint density at radius 3 is 2.64 bits per heavy atom. The number of benzene rings is 1. The molecule has 1 N–H and O–H groups in total. The average molecular weight is 148 g/mol. The number of hydrazone groups is 1. The number of anilines is 1. The highest BCUT2D eigenvalue weighted by Crippen LogP contribution is 2.03. The van der Waals surface area contributed by atoms with E-state index in [-0.39, 0.29) is 0 Å². The predicted octanol–water partition coefficient (Wildman–Crippen LogP) is 1.28. The molecule has 0 spiro atoms. The number of hydrogen-bond acceptors (Lipinski definition) is 3. The summed E-state index contributed by atoms with van der Waals surface area (Å²) in [5, 5.41) is 3.62. The molecule has 3 nitrogen and oxygen atoms in total. The van der Waals surface area contributed by atoms with Gasteiger partial charge in [-0.2, -0.15) is 5.10 Å². The summed E-state index contributed by atoms with van der Waals surface area (Å²) in [6.07, 6.45) is 1.78. The van der Waals surface area contributed by atoms with E-state index in [0.29, 0.717) is 6.29 Å². The first-order chi connectivity index (χ1) is 5.43. The number of carbonyl (C=O) groups excluding carboxylic acids is 1. The Balaban J connectivity index is 2.51. The number of nitrogens with zero attached hydrogens (tertiary/aromatic N) is 1. The fourth-order valence-corrected chi connectivity index (χ4v) is 0.655. The minimum Gasteiger partial charge on any atom is -0.297 e. The van der Waals surface area contributed by atoms with Gasteiger partial charge in [-0.1, -0.05) is 18.2 Å². The summed E-state index contributed by atoms with van der Waals surface area (Å²) in [6, 6.07) is 9.41. The SMILES string of the molecule is O=C/C=N\Nc1ccccc1. The van der Waals surface area contributed by atoms with E-state index in [0.717, 1.165) is 11.9 Å². The fourth-order valence-electron chi connectivity index (χ4n) is 0.655. The van der Waals surface area contributed by atoms with Crippen LogP contribution in [0.5, 0.6) is 0 Å². The topological polar surface area (TPSA) is 41.5 Å². The summed E-state index contributed by atoms with van der Waals surface area (Å²) in [5.41, 5.74) is 3.55. The maximum Gasteiger partial charge on any atom is 0.162 e. The Morgan fingerprint density at radius 2 is 2.00 bits per heavy atom. The minimum atomic E-state index is 0.621. The third-order valence-electron chi connectivity index (χ3n) is 1.10. The van der Waals surface area contributed by atoms with Crippen molar-refractivity contribution in [3.63, 3.8) is 0 Å². The number of aldehydes is 1. The molecule has 0 saturated heterocycles. The zero-order chi connectivity index (χ0) is 7.94. The van der Waals surface area contributed by atoms with E-state index in [1.54, 1.807) is 0 Å². The Hall–Kier alpha value is -1.64. The first kappa shape index (κ1) is 7.47. The molecule has 0 amide bonds. The van der Waals surface area contributed by atoms with Crippen molar-refractivity contribution in [3.8, 4) is 0 Å². The first-order valence-corrected chi connectivity index (χ1v) is 3.21. The predicted molar refractivity (Wildman–Crippen MR) is 44.6 cm³/mol. The van der Waals surface area contributed by atoms with Gasteiger partial charge in [0.1, 0.15) is 0 Å². The molecule has 0 fully saturated rings. The molecule has 3 heteroatoms.